The molecule has 2 aliphatic rings. The van der Waals surface area contributed by atoms with E-state index >= 15 is 0 Å². The van der Waals surface area contributed by atoms with Crippen LogP contribution in [-0.4, -0.2) is 37.1 Å². The molecule has 2 heteroatoms. The zero-order chi connectivity index (χ0) is 12.1. The molecule has 1 atom stereocenters. The standard InChI is InChI=1S/C15H30N2/c1-3-16-10-4-5-13(2)17(11-14-6-7-14)12-15-8-9-15/h13-16H,3-12H2,1-2H3. The molecule has 0 aromatic heterocycles. The number of hydrogen-bond donors (Lipinski definition) is 1. The van der Waals surface area contributed by atoms with Crippen LogP contribution in [0.15, 0.2) is 0 Å². The van der Waals surface area contributed by atoms with Crippen LogP contribution in [0, 0.1) is 11.8 Å². The Hall–Kier alpha value is -0.0800. The monoisotopic (exact) mass is 238 g/mol. The Kier molecular flexibility index (Phi) is 5.30. The maximum atomic E-state index is 3.43. The third-order valence-corrected chi connectivity index (χ3v) is 4.23. The first-order valence-electron chi connectivity index (χ1n) is 7.74. The third-order valence-electron chi connectivity index (χ3n) is 4.23. The van der Waals surface area contributed by atoms with Crippen molar-refractivity contribution in [2.75, 3.05) is 26.2 Å². The summed E-state index contributed by atoms with van der Waals surface area (Å²) in [6.45, 7) is 9.72. The Labute approximate surface area is 107 Å². The van der Waals surface area contributed by atoms with Gasteiger partial charge in [0.25, 0.3) is 0 Å². The highest BCUT2D eigenvalue weighted by Crippen LogP contribution is 2.34. The molecule has 17 heavy (non-hydrogen) atoms. The number of hydrogen-bond acceptors (Lipinski definition) is 2. The van der Waals surface area contributed by atoms with Crippen molar-refractivity contribution in [3.8, 4) is 0 Å². The largest absolute Gasteiger partial charge is 0.317 e. The molecule has 0 spiro atoms. The smallest absolute Gasteiger partial charge is 0.00676 e. The second kappa shape index (κ2) is 6.75. The van der Waals surface area contributed by atoms with Gasteiger partial charge in [0.1, 0.15) is 0 Å². The van der Waals surface area contributed by atoms with E-state index < -0.39 is 0 Å². The van der Waals surface area contributed by atoms with Crippen LogP contribution in [0.25, 0.3) is 0 Å². The predicted octanol–water partition coefficient (Wildman–Crippen LogP) is 2.89. The first-order valence-corrected chi connectivity index (χ1v) is 7.74. The Morgan fingerprint density at radius 1 is 1.12 bits per heavy atom. The van der Waals surface area contributed by atoms with Crippen LogP contribution in [0.2, 0.25) is 0 Å². The highest BCUT2D eigenvalue weighted by molar-refractivity contribution is 4.84. The first kappa shape index (κ1) is 13.4. The molecular formula is C15H30N2. The molecule has 1 unspecified atom stereocenters. The van der Waals surface area contributed by atoms with Crippen LogP contribution in [0.1, 0.15) is 52.4 Å². The second-order valence-electron chi connectivity index (χ2n) is 6.19. The normalized spacial score (nSPS) is 22.1. The molecule has 2 rings (SSSR count). The van der Waals surface area contributed by atoms with Crippen LogP contribution >= 0.6 is 0 Å². The van der Waals surface area contributed by atoms with Gasteiger partial charge in [-0.3, -0.25) is 0 Å². The van der Waals surface area contributed by atoms with E-state index in [4.69, 9.17) is 0 Å². The van der Waals surface area contributed by atoms with Gasteiger partial charge in [-0.1, -0.05) is 6.92 Å². The van der Waals surface area contributed by atoms with E-state index in [0.717, 1.165) is 24.4 Å². The lowest BCUT2D eigenvalue weighted by atomic mass is 10.1. The molecule has 0 amide bonds. The van der Waals surface area contributed by atoms with Crippen LogP contribution in [0.4, 0.5) is 0 Å². The van der Waals surface area contributed by atoms with E-state index in [0.29, 0.717) is 0 Å². The van der Waals surface area contributed by atoms with E-state index in [9.17, 15) is 0 Å². The SMILES string of the molecule is CCNCCCC(C)N(CC1CC1)CC1CC1. The van der Waals surface area contributed by atoms with Gasteiger partial charge in [-0.2, -0.15) is 0 Å². The molecule has 0 aromatic rings. The van der Waals surface area contributed by atoms with Crippen molar-refractivity contribution in [3.63, 3.8) is 0 Å². The second-order valence-corrected chi connectivity index (χ2v) is 6.19. The minimum absolute atomic E-state index is 0.801. The fourth-order valence-corrected chi connectivity index (χ4v) is 2.58. The molecule has 1 N–H and O–H groups in total. The van der Waals surface area contributed by atoms with Gasteiger partial charge in [0.15, 0.2) is 0 Å². The number of rotatable bonds is 10. The van der Waals surface area contributed by atoms with Gasteiger partial charge < -0.3 is 10.2 Å². The molecule has 2 nitrogen and oxygen atoms in total. The Morgan fingerprint density at radius 3 is 2.18 bits per heavy atom. The lowest BCUT2D eigenvalue weighted by Crippen LogP contribution is -2.37. The molecule has 0 radical (unpaired) electrons. The summed E-state index contributed by atoms with van der Waals surface area (Å²) in [7, 11) is 0. The van der Waals surface area contributed by atoms with Crippen molar-refractivity contribution in [2.45, 2.75) is 58.4 Å². The molecule has 2 aliphatic carbocycles. The predicted molar refractivity (Wildman–Crippen MR) is 74.3 cm³/mol. The summed E-state index contributed by atoms with van der Waals surface area (Å²) in [4.78, 5) is 2.79. The van der Waals surface area contributed by atoms with Gasteiger partial charge in [-0.15, -0.1) is 0 Å². The van der Waals surface area contributed by atoms with Gasteiger partial charge in [-0.25, -0.2) is 0 Å². The Morgan fingerprint density at radius 2 is 1.71 bits per heavy atom. The molecule has 0 heterocycles. The molecule has 100 valence electrons. The van der Waals surface area contributed by atoms with E-state index in [-0.39, 0.29) is 0 Å². The maximum Gasteiger partial charge on any atom is 0.00676 e. The molecule has 2 fully saturated rings. The Balaban J connectivity index is 1.64. The van der Waals surface area contributed by atoms with E-state index in [1.165, 1.54) is 58.2 Å². The summed E-state index contributed by atoms with van der Waals surface area (Å²) in [6.07, 6.45) is 8.67. The van der Waals surface area contributed by atoms with Gasteiger partial charge in [-0.05, 0) is 70.4 Å². The molecule has 0 aromatic carbocycles. The average Bonchev–Trinajstić information content (AvgIpc) is 3.17. The minimum Gasteiger partial charge on any atom is -0.317 e. The average molecular weight is 238 g/mol. The lowest BCUT2D eigenvalue weighted by Gasteiger charge is -2.29. The maximum absolute atomic E-state index is 3.43. The van der Waals surface area contributed by atoms with Gasteiger partial charge in [0.05, 0.1) is 0 Å². The van der Waals surface area contributed by atoms with Crippen LogP contribution < -0.4 is 5.32 Å². The minimum atomic E-state index is 0.801. The lowest BCUT2D eigenvalue weighted by molar-refractivity contribution is 0.181. The van der Waals surface area contributed by atoms with E-state index in [2.05, 4.69) is 24.1 Å². The zero-order valence-corrected chi connectivity index (χ0v) is 11.8. The fraction of sp³-hybridized carbons (Fsp3) is 1.00. The summed E-state index contributed by atoms with van der Waals surface area (Å²) >= 11 is 0. The third kappa shape index (κ3) is 5.39. The van der Waals surface area contributed by atoms with Crippen molar-refractivity contribution >= 4 is 0 Å². The summed E-state index contributed by atoms with van der Waals surface area (Å²) in [6, 6.07) is 0.801. The summed E-state index contributed by atoms with van der Waals surface area (Å²) in [5.41, 5.74) is 0. The van der Waals surface area contributed by atoms with Crippen molar-refractivity contribution < 1.29 is 0 Å². The van der Waals surface area contributed by atoms with Gasteiger partial charge in [0, 0.05) is 19.1 Å². The number of nitrogens with zero attached hydrogens (tertiary/aromatic N) is 1. The molecule has 0 aliphatic heterocycles. The highest BCUT2D eigenvalue weighted by atomic mass is 15.2. The summed E-state index contributed by atoms with van der Waals surface area (Å²) in [5.74, 6) is 2.09. The quantitative estimate of drug-likeness (QED) is 0.589. The van der Waals surface area contributed by atoms with Crippen LogP contribution in [0.5, 0.6) is 0 Å². The topological polar surface area (TPSA) is 15.3 Å². The molecule has 0 bridgehead atoms. The first-order chi connectivity index (χ1) is 8.29. The van der Waals surface area contributed by atoms with Crippen molar-refractivity contribution in [1.82, 2.24) is 10.2 Å². The van der Waals surface area contributed by atoms with Crippen molar-refractivity contribution in [2.24, 2.45) is 11.8 Å². The fourth-order valence-electron chi connectivity index (χ4n) is 2.58. The summed E-state index contributed by atoms with van der Waals surface area (Å²) < 4.78 is 0. The molecular weight excluding hydrogens is 208 g/mol. The number of nitrogens with one attached hydrogen (secondary N) is 1. The van der Waals surface area contributed by atoms with E-state index in [1.807, 2.05) is 0 Å². The zero-order valence-electron chi connectivity index (χ0n) is 11.8. The van der Waals surface area contributed by atoms with Crippen molar-refractivity contribution in [3.05, 3.63) is 0 Å². The highest BCUT2D eigenvalue weighted by Gasteiger charge is 2.30. The Bertz CT molecular complexity index is 195. The van der Waals surface area contributed by atoms with Crippen LogP contribution in [-0.2, 0) is 0 Å². The van der Waals surface area contributed by atoms with Gasteiger partial charge in [0.2, 0.25) is 0 Å². The van der Waals surface area contributed by atoms with Gasteiger partial charge >= 0.3 is 0 Å². The molecule has 0 saturated heterocycles. The van der Waals surface area contributed by atoms with Crippen molar-refractivity contribution in [1.29, 1.82) is 0 Å². The van der Waals surface area contributed by atoms with Crippen LogP contribution in [0.3, 0.4) is 0 Å². The summed E-state index contributed by atoms with van der Waals surface area (Å²) in [5, 5.41) is 3.43. The molecule has 2 saturated carbocycles. The van der Waals surface area contributed by atoms with E-state index in [1.54, 1.807) is 0 Å².